The van der Waals surface area contributed by atoms with Gasteiger partial charge in [-0.25, -0.2) is 0 Å². The molecule has 32 valence electrons. The molecule has 0 aliphatic rings. The van der Waals surface area contributed by atoms with E-state index in [0.29, 0.717) is 0 Å². The first-order chi connectivity index (χ1) is 2.00. The molecule has 0 atom stereocenters. The third-order valence-corrected chi connectivity index (χ3v) is 0. The topological polar surface area (TPSA) is 74.6 Å². The fourth-order valence-electron chi connectivity index (χ4n) is 0. The molecule has 4 nitrogen and oxygen atoms in total. The van der Waals surface area contributed by atoms with Gasteiger partial charge in [-0.15, -0.1) is 0 Å². The molecule has 0 bridgehead atoms. The van der Waals surface area contributed by atoms with Gasteiger partial charge in [0.15, 0.2) is 0 Å². The molecule has 7 heteroatoms. The minimum atomic E-state index is -4.67. The Hall–Kier alpha value is 2.13. The molecule has 0 fully saturated rings. The maximum absolute atomic E-state index is 8.74. The Labute approximate surface area is 96.8 Å². The summed E-state index contributed by atoms with van der Waals surface area (Å²) in [7, 11) is -4.67. The Kier molecular flexibility index (Phi) is 14.3. The summed E-state index contributed by atoms with van der Waals surface area (Å²) in [5.74, 6) is 0. The van der Waals surface area contributed by atoms with E-state index in [-0.39, 0.29) is 70.9 Å². The summed E-state index contributed by atoms with van der Waals surface area (Å²) in [6.07, 6.45) is 0. The molecule has 0 aromatic rings. The van der Waals surface area contributed by atoms with E-state index >= 15 is 0 Å². The van der Waals surface area contributed by atoms with Crippen LogP contribution < -0.4 is 51.4 Å². The largest absolute Gasteiger partial charge is 2.00 e. The van der Waals surface area contributed by atoms with E-state index in [1.54, 1.807) is 0 Å². The average molecular weight is 203 g/mol. The van der Waals surface area contributed by atoms with E-state index in [9.17, 15) is 0 Å². The van der Waals surface area contributed by atoms with Crippen LogP contribution in [-0.4, -0.2) is 17.5 Å². The van der Waals surface area contributed by atoms with E-state index in [4.69, 9.17) is 17.5 Å². The molecule has 0 amide bonds. The second-order valence-electron chi connectivity index (χ2n) is 0.448. The van der Waals surface area contributed by atoms with E-state index < -0.39 is 10.4 Å². The Balaban J connectivity index is -0.0000000800. The van der Waals surface area contributed by atoms with Gasteiger partial charge in [0.2, 0.25) is 0 Å². The molecule has 0 saturated carbocycles. The van der Waals surface area contributed by atoms with Crippen molar-refractivity contribution >= 4 is 10.4 Å². The molecule has 0 aromatic heterocycles. The summed E-state index contributed by atoms with van der Waals surface area (Å²) in [4.78, 5) is 0. The SMILES string of the molecule is O=S(=O)(O)O.[K+].[Zn+2]. The predicted molar refractivity (Wildman–Crippen MR) is 14.2 cm³/mol. The van der Waals surface area contributed by atoms with Crippen LogP contribution >= 0.6 is 0 Å². The van der Waals surface area contributed by atoms with Crippen molar-refractivity contribution < 1.29 is 88.4 Å². The van der Waals surface area contributed by atoms with E-state index in [1.807, 2.05) is 0 Å². The van der Waals surface area contributed by atoms with Gasteiger partial charge in [-0.2, -0.15) is 8.42 Å². The summed E-state index contributed by atoms with van der Waals surface area (Å²) < 4.78 is 31.6. The zero-order chi connectivity index (χ0) is 4.50. The van der Waals surface area contributed by atoms with Crippen LogP contribution in [0.25, 0.3) is 0 Å². The zero-order valence-electron chi connectivity index (χ0n) is 3.83. The van der Waals surface area contributed by atoms with Crippen LogP contribution in [0.15, 0.2) is 0 Å². The van der Waals surface area contributed by atoms with Crippen molar-refractivity contribution in [1.29, 1.82) is 0 Å². The third kappa shape index (κ3) is 67.3. The molecule has 0 radical (unpaired) electrons. The van der Waals surface area contributed by atoms with E-state index in [1.165, 1.54) is 0 Å². The Morgan fingerprint density at radius 2 is 1.14 bits per heavy atom. The second kappa shape index (κ2) is 6.25. The summed E-state index contributed by atoms with van der Waals surface area (Å²) in [5, 5.41) is 0. The van der Waals surface area contributed by atoms with Gasteiger partial charge in [0.25, 0.3) is 0 Å². The molecule has 0 saturated heterocycles. The Morgan fingerprint density at radius 3 is 1.14 bits per heavy atom. The van der Waals surface area contributed by atoms with Gasteiger partial charge in [-0.3, -0.25) is 9.11 Å². The molecule has 0 spiro atoms. The third-order valence-electron chi connectivity index (χ3n) is 0. The van der Waals surface area contributed by atoms with Crippen LogP contribution in [0.1, 0.15) is 0 Å². The van der Waals surface area contributed by atoms with Crippen molar-refractivity contribution in [3.8, 4) is 0 Å². The normalized spacial score (nSPS) is 8.29. The van der Waals surface area contributed by atoms with Gasteiger partial charge < -0.3 is 0 Å². The first-order valence-electron chi connectivity index (χ1n) is 0.698. The molecule has 0 rings (SSSR count). The minimum Gasteiger partial charge on any atom is -0.264 e. The van der Waals surface area contributed by atoms with Crippen molar-refractivity contribution in [3.63, 3.8) is 0 Å². The molecular weight excluding hydrogens is 201 g/mol. The van der Waals surface area contributed by atoms with Gasteiger partial charge >= 0.3 is 81.3 Å². The number of hydrogen-bond acceptors (Lipinski definition) is 2. The van der Waals surface area contributed by atoms with Crippen molar-refractivity contribution in [2.75, 3.05) is 0 Å². The summed E-state index contributed by atoms with van der Waals surface area (Å²) in [6, 6.07) is 0. The first kappa shape index (κ1) is 16.1. The van der Waals surface area contributed by atoms with Gasteiger partial charge in [0.05, 0.1) is 0 Å². The second-order valence-corrected chi connectivity index (χ2v) is 1.34. The fourth-order valence-corrected chi connectivity index (χ4v) is 0. The molecule has 0 aliphatic carbocycles. The maximum Gasteiger partial charge on any atom is 2.00 e. The molecule has 0 heterocycles. The number of hydrogen-bond donors (Lipinski definition) is 2. The fraction of sp³-hybridized carbons (Fsp3) is 0. The molecular formula is H2KO4SZn+3. The molecule has 2 N–H and O–H groups in total. The smallest absolute Gasteiger partial charge is 0.264 e. The van der Waals surface area contributed by atoms with Crippen molar-refractivity contribution in [2.24, 2.45) is 0 Å². The van der Waals surface area contributed by atoms with Crippen molar-refractivity contribution in [2.45, 2.75) is 0 Å². The van der Waals surface area contributed by atoms with Crippen LogP contribution in [0.2, 0.25) is 0 Å². The summed E-state index contributed by atoms with van der Waals surface area (Å²) >= 11 is 0. The first-order valence-corrected chi connectivity index (χ1v) is 2.10. The van der Waals surface area contributed by atoms with Gasteiger partial charge in [0, 0.05) is 0 Å². The summed E-state index contributed by atoms with van der Waals surface area (Å²) in [5.41, 5.74) is 0. The quantitative estimate of drug-likeness (QED) is 0.314. The summed E-state index contributed by atoms with van der Waals surface area (Å²) in [6.45, 7) is 0. The van der Waals surface area contributed by atoms with E-state index in [0.717, 1.165) is 0 Å². The van der Waals surface area contributed by atoms with Gasteiger partial charge in [-0.05, 0) is 0 Å². The number of rotatable bonds is 0. The van der Waals surface area contributed by atoms with E-state index in [2.05, 4.69) is 0 Å². The molecule has 7 heavy (non-hydrogen) atoms. The monoisotopic (exact) mass is 201 g/mol. The van der Waals surface area contributed by atoms with Crippen LogP contribution in [0, 0.1) is 0 Å². The maximum atomic E-state index is 8.74. The molecule has 0 unspecified atom stereocenters. The average Bonchev–Trinajstić information content (AvgIpc) is 0.722. The zero-order valence-corrected chi connectivity index (χ0v) is 10.7. The van der Waals surface area contributed by atoms with Gasteiger partial charge in [0.1, 0.15) is 0 Å². The van der Waals surface area contributed by atoms with Crippen molar-refractivity contribution in [3.05, 3.63) is 0 Å². The predicted octanol–water partition coefficient (Wildman–Crippen LogP) is -3.65. The Morgan fingerprint density at radius 1 is 1.14 bits per heavy atom. The standard InChI is InChI=1S/K.H2O4S.Zn/c;1-5(2,3)4;/h;(H2,1,2,3,4);/q+1;;+2. The van der Waals surface area contributed by atoms with Gasteiger partial charge in [-0.1, -0.05) is 0 Å². The van der Waals surface area contributed by atoms with Crippen molar-refractivity contribution in [1.82, 2.24) is 0 Å². The minimum absolute atomic E-state index is 0. The van der Waals surface area contributed by atoms with Crippen LogP contribution in [0.5, 0.6) is 0 Å². The van der Waals surface area contributed by atoms with Crippen LogP contribution in [0.3, 0.4) is 0 Å². The van der Waals surface area contributed by atoms with Crippen LogP contribution in [-0.2, 0) is 29.9 Å². The van der Waals surface area contributed by atoms with Crippen LogP contribution in [0.4, 0.5) is 0 Å². The Bertz CT molecular complexity index is 94.9. The molecule has 0 aliphatic heterocycles. The molecule has 0 aromatic carbocycles.